The molecule has 0 aliphatic rings. The minimum absolute atomic E-state index is 0.551. The number of aryl methyl sites for hydroxylation is 1. The molecule has 0 aliphatic carbocycles. The Morgan fingerprint density at radius 3 is 2.33 bits per heavy atom. The summed E-state index contributed by atoms with van der Waals surface area (Å²) in [4.78, 5) is 1.33. The number of thioether (sulfide) groups is 1. The molecule has 0 bridgehead atoms. The van der Waals surface area contributed by atoms with Crippen molar-refractivity contribution in [1.82, 2.24) is 5.32 Å². The summed E-state index contributed by atoms with van der Waals surface area (Å²) in [5, 5.41) is 7.19. The van der Waals surface area contributed by atoms with E-state index in [2.05, 4.69) is 79.9 Å². The van der Waals surface area contributed by atoms with Crippen molar-refractivity contribution in [1.29, 1.82) is 0 Å². The highest BCUT2D eigenvalue weighted by Crippen LogP contribution is 2.19. The van der Waals surface area contributed by atoms with Crippen molar-refractivity contribution < 1.29 is 0 Å². The van der Waals surface area contributed by atoms with Crippen LogP contribution in [0, 0.1) is 6.92 Å². The fraction of sp³-hybridized carbons (Fsp3) is 0.350. The Hall–Kier alpha value is -1.52. The van der Waals surface area contributed by atoms with Gasteiger partial charge in [-0.15, -0.1) is 11.8 Å². The monoisotopic (exact) mass is 358 g/mol. The first kappa shape index (κ1) is 18.8. The highest BCUT2D eigenvalue weighted by atomic mass is 32.2. The van der Waals surface area contributed by atoms with Gasteiger partial charge < -0.3 is 10.6 Å². The quantitative estimate of drug-likeness (QED) is 0.383. The molecule has 0 saturated heterocycles. The van der Waals surface area contributed by atoms with Crippen LogP contribution in [0.5, 0.6) is 0 Å². The standard InChI is InChI=1S/C20H26N2S2/c1-15(2)17-7-9-18(10-8-17)22-20(23)21-13-4-14-24-19-11-5-16(3)6-12-19/h5-12,15H,4,13-14H2,1-3H3,(H2,21,22,23). The summed E-state index contributed by atoms with van der Waals surface area (Å²) in [5.41, 5.74) is 3.68. The van der Waals surface area contributed by atoms with E-state index in [0.29, 0.717) is 11.0 Å². The average molecular weight is 359 g/mol. The second kappa shape index (κ2) is 9.70. The lowest BCUT2D eigenvalue weighted by Gasteiger charge is -2.12. The van der Waals surface area contributed by atoms with E-state index in [1.807, 2.05) is 11.8 Å². The summed E-state index contributed by atoms with van der Waals surface area (Å²) in [5.74, 6) is 1.64. The molecular formula is C20H26N2S2. The van der Waals surface area contributed by atoms with Crippen LogP contribution in [0.3, 0.4) is 0 Å². The van der Waals surface area contributed by atoms with Crippen molar-refractivity contribution in [3.05, 3.63) is 59.7 Å². The van der Waals surface area contributed by atoms with E-state index in [4.69, 9.17) is 12.2 Å². The fourth-order valence-electron chi connectivity index (χ4n) is 2.23. The van der Waals surface area contributed by atoms with Crippen LogP contribution in [-0.4, -0.2) is 17.4 Å². The van der Waals surface area contributed by atoms with E-state index in [1.165, 1.54) is 16.0 Å². The van der Waals surface area contributed by atoms with Gasteiger partial charge in [-0.1, -0.05) is 43.7 Å². The molecule has 0 saturated carbocycles. The van der Waals surface area contributed by atoms with Crippen LogP contribution in [0.4, 0.5) is 5.69 Å². The van der Waals surface area contributed by atoms with Gasteiger partial charge in [-0.05, 0) is 67.1 Å². The van der Waals surface area contributed by atoms with E-state index >= 15 is 0 Å². The Labute approximate surface area is 155 Å². The molecule has 0 fully saturated rings. The highest BCUT2D eigenvalue weighted by Gasteiger charge is 2.01. The first-order valence-electron chi connectivity index (χ1n) is 8.39. The van der Waals surface area contributed by atoms with Crippen molar-refractivity contribution in [2.24, 2.45) is 0 Å². The summed E-state index contributed by atoms with van der Waals surface area (Å²) in [6.07, 6.45) is 1.08. The highest BCUT2D eigenvalue weighted by molar-refractivity contribution is 7.99. The molecule has 2 aromatic carbocycles. The third kappa shape index (κ3) is 6.54. The molecule has 4 heteroatoms. The number of rotatable bonds is 7. The zero-order valence-corrected chi connectivity index (χ0v) is 16.3. The van der Waals surface area contributed by atoms with Crippen molar-refractivity contribution >= 4 is 34.8 Å². The lowest BCUT2D eigenvalue weighted by Crippen LogP contribution is -2.29. The van der Waals surface area contributed by atoms with Gasteiger partial charge in [0, 0.05) is 17.1 Å². The third-order valence-corrected chi connectivity index (χ3v) is 5.08. The van der Waals surface area contributed by atoms with Crippen LogP contribution >= 0.6 is 24.0 Å². The maximum Gasteiger partial charge on any atom is 0.170 e. The van der Waals surface area contributed by atoms with E-state index in [9.17, 15) is 0 Å². The topological polar surface area (TPSA) is 24.1 Å². The summed E-state index contributed by atoms with van der Waals surface area (Å²) in [6, 6.07) is 17.1. The van der Waals surface area contributed by atoms with Crippen LogP contribution < -0.4 is 10.6 Å². The second-order valence-electron chi connectivity index (χ2n) is 6.17. The number of anilines is 1. The van der Waals surface area contributed by atoms with Crippen molar-refractivity contribution in [2.45, 2.75) is 38.0 Å². The minimum atomic E-state index is 0.551. The summed E-state index contributed by atoms with van der Waals surface area (Å²) in [6.45, 7) is 7.39. The predicted octanol–water partition coefficient (Wildman–Crippen LogP) is 5.59. The Bertz CT molecular complexity index is 634. The molecule has 0 heterocycles. The van der Waals surface area contributed by atoms with Crippen LogP contribution in [0.1, 0.15) is 37.3 Å². The summed E-state index contributed by atoms with van der Waals surface area (Å²) < 4.78 is 0. The third-order valence-electron chi connectivity index (χ3n) is 3.73. The van der Waals surface area contributed by atoms with Crippen molar-refractivity contribution in [2.75, 3.05) is 17.6 Å². The lowest BCUT2D eigenvalue weighted by molar-refractivity contribution is 0.854. The zero-order valence-electron chi connectivity index (χ0n) is 14.6. The molecule has 0 unspecified atom stereocenters. The number of benzene rings is 2. The Morgan fingerprint density at radius 2 is 1.71 bits per heavy atom. The molecule has 0 radical (unpaired) electrons. The van der Waals surface area contributed by atoms with Crippen molar-refractivity contribution in [3.8, 4) is 0 Å². The number of hydrogen-bond acceptors (Lipinski definition) is 2. The molecule has 2 rings (SSSR count). The van der Waals surface area contributed by atoms with Gasteiger partial charge in [0.2, 0.25) is 0 Å². The number of nitrogens with one attached hydrogen (secondary N) is 2. The van der Waals surface area contributed by atoms with Crippen molar-refractivity contribution in [3.63, 3.8) is 0 Å². The molecule has 0 amide bonds. The van der Waals surface area contributed by atoms with Gasteiger partial charge in [0.1, 0.15) is 0 Å². The van der Waals surface area contributed by atoms with E-state index in [0.717, 1.165) is 24.4 Å². The Morgan fingerprint density at radius 1 is 1.04 bits per heavy atom. The smallest absolute Gasteiger partial charge is 0.170 e. The Kier molecular flexibility index (Phi) is 7.60. The number of hydrogen-bond donors (Lipinski definition) is 2. The fourth-order valence-corrected chi connectivity index (χ4v) is 3.30. The molecule has 0 aliphatic heterocycles. The second-order valence-corrected chi connectivity index (χ2v) is 7.75. The van der Waals surface area contributed by atoms with Crippen LogP contribution in [-0.2, 0) is 0 Å². The molecule has 2 nitrogen and oxygen atoms in total. The van der Waals surface area contributed by atoms with Gasteiger partial charge in [0.25, 0.3) is 0 Å². The van der Waals surface area contributed by atoms with Crippen LogP contribution in [0.25, 0.3) is 0 Å². The first-order chi connectivity index (χ1) is 11.5. The Balaban J connectivity index is 1.63. The largest absolute Gasteiger partial charge is 0.362 e. The molecular weight excluding hydrogens is 332 g/mol. The molecule has 24 heavy (non-hydrogen) atoms. The van der Waals surface area contributed by atoms with Gasteiger partial charge in [0.05, 0.1) is 0 Å². The maximum atomic E-state index is 5.35. The first-order valence-corrected chi connectivity index (χ1v) is 9.78. The van der Waals surface area contributed by atoms with Gasteiger partial charge in [-0.3, -0.25) is 0 Å². The molecule has 128 valence electrons. The molecule has 0 spiro atoms. The van der Waals surface area contributed by atoms with E-state index < -0.39 is 0 Å². The summed E-state index contributed by atoms with van der Waals surface area (Å²) in [7, 11) is 0. The van der Waals surface area contributed by atoms with Crippen LogP contribution in [0.15, 0.2) is 53.4 Å². The zero-order chi connectivity index (χ0) is 17.4. The summed E-state index contributed by atoms with van der Waals surface area (Å²) >= 11 is 7.23. The lowest BCUT2D eigenvalue weighted by atomic mass is 10.0. The predicted molar refractivity (Wildman–Crippen MR) is 111 cm³/mol. The molecule has 0 aromatic heterocycles. The molecule has 2 aromatic rings. The molecule has 2 N–H and O–H groups in total. The average Bonchev–Trinajstić information content (AvgIpc) is 2.56. The van der Waals surface area contributed by atoms with Gasteiger partial charge >= 0.3 is 0 Å². The van der Waals surface area contributed by atoms with Crippen LogP contribution in [0.2, 0.25) is 0 Å². The van der Waals surface area contributed by atoms with Gasteiger partial charge in [0.15, 0.2) is 5.11 Å². The molecule has 0 atom stereocenters. The maximum absolute atomic E-state index is 5.35. The van der Waals surface area contributed by atoms with Gasteiger partial charge in [-0.2, -0.15) is 0 Å². The van der Waals surface area contributed by atoms with E-state index in [-0.39, 0.29) is 0 Å². The SMILES string of the molecule is Cc1ccc(SCCCNC(=S)Nc2ccc(C(C)C)cc2)cc1. The minimum Gasteiger partial charge on any atom is -0.362 e. The van der Waals surface area contributed by atoms with Gasteiger partial charge in [-0.25, -0.2) is 0 Å². The number of thiocarbonyl (C=S) groups is 1. The normalized spacial score (nSPS) is 10.7. The van der Waals surface area contributed by atoms with E-state index in [1.54, 1.807) is 0 Å².